The van der Waals surface area contributed by atoms with E-state index >= 15 is 0 Å². The van der Waals surface area contributed by atoms with Crippen molar-refractivity contribution in [2.24, 2.45) is 5.73 Å². The monoisotopic (exact) mass is 330 g/mol. The van der Waals surface area contributed by atoms with Gasteiger partial charge in [-0.1, -0.05) is 0 Å². The number of nitrogens with one attached hydrogen (secondary N) is 2. The van der Waals surface area contributed by atoms with Crippen molar-refractivity contribution in [3.8, 4) is 5.75 Å². The lowest BCUT2D eigenvalue weighted by Crippen LogP contribution is -2.51. The lowest BCUT2D eigenvalue weighted by Gasteiger charge is -2.32. The van der Waals surface area contributed by atoms with Gasteiger partial charge in [-0.3, -0.25) is 14.7 Å². The van der Waals surface area contributed by atoms with Crippen molar-refractivity contribution in [2.75, 3.05) is 13.2 Å². The highest BCUT2D eigenvalue weighted by molar-refractivity contribution is 5.94. The average molecular weight is 330 g/mol. The summed E-state index contributed by atoms with van der Waals surface area (Å²) >= 11 is 0. The van der Waals surface area contributed by atoms with Crippen LogP contribution in [0, 0.1) is 0 Å². The molecule has 126 valence electrons. The fourth-order valence-corrected chi connectivity index (χ4v) is 2.49. The van der Waals surface area contributed by atoms with Gasteiger partial charge in [0, 0.05) is 18.4 Å². The molecule has 0 spiro atoms. The number of aromatic amines is 1. The van der Waals surface area contributed by atoms with Crippen LogP contribution in [0.4, 0.5) is 0 Å². The minimum Gasteiger partial charge on any atom is -0.486 e. The first-order valence-corrected chi connectivity index (χ1v) is 7.57. The van der Waals surface area contributed by atoms with Crippen molar-refractivity contribution in [3.63, 3.8) is 0 Å². The largest absolute Gasteiger partial charge is 0.486 e. The van der Waals surface area contributed by atoms with Gasteiger partial charge in [0.05, 0.1) is 24.4 Å². The van der Waals surface area contributed by atoms with Gasteiger partial charge in [-0.15, -0.1) is 0 Å². The van der Waals surface area contributed by atoms with Crippen LogP contribution in [0.2, 0.25) is 0 Å². The van der Waals surface area contributed by atoms with Crippen molar-refractivity contribution < 1.29 is 19.1 Å². The van der Waals surface area contributed by atoms with Crippen molar-refractivity contribution in [1.82, 2.24) is 15.5 Å². The summed E-state index contributed by atoms with van der Waals surface area (Å²) < 4.78 is 11.4. The minimum atomic E-state index is -0.493. The molecule has 0 radical (unpaired) electrons. The van der Waals surface area contributed by atoms with Gasteiger partial charge in [-0.25, -0.2) is 0 Å². The summed E-state index contributed by atoms with van der Waals surface area (Å²) in [5.74, 6) is -0.126. The van der Waals surface area contributed by atoms with E-state index in [0.29, 0.717) is 36.5 Å². The Morgan fingerprint density at radius 3 is 2.75 bits per heavy atom. The molecule has 1 saturated heterocycles. The summed E-state index contributed by atoms with van der Waals surface area (Å²) in [6.07, 6.45) is 3.32. The zero-order chi connectivity index (χ0) is 16.9. The van der Waals surface area contributed by atoms with Gasteiger partial charge in [0.15, 0.2) is 0 Å². The second-order valence-electron chi connectivity index (χ2n) is 5.48. The zero-order valence-electron chi connectivity index (χ0n) is 12.9. The van der Waals surface area contributed by atoms with Crippen LogP contribution in [0.25, 0.3) is 0 Å². The molecule has 1 fully saturated rings. The Kier molecular flexibility index (Phi) is 4.76. The minimum absolute atomic E-state index is 0.183. The van der Waals surface area contributed by atoms with E-state index in [9.17, 15) is 9.59 Å². The number of nitrogens with zero attached hydrogens (tertiary/aromatic N) is 1. The van der Waals surface area contributed by atoms with Gasteiger partial charge in [-0.2, -0.15) is 5.10 Å². The van der Waals surface area contributed by atoms with Crippen LogP contribution in [-0.2, 0) is 4.74 Å². The molecule has 1 aliphatic rings. The summed E-state index contributed by atoms with van der Waals surface area (Å²) in [6.45, 7) is 0.921. The predicted octanol–water partition coefficient (Wildman–Crippen LogP) is 0.475. The van der Waals surface area contributed by atoms with E-state index in [0.717, 1.165) is 0 Å². The molecule has 8 heteroatoms. The number of hydrogen-bond donors (Lipinski definition) is 3. The van der Waals surface area contributed by atoms with Gasteiger partial charge >= 0.3 is 0 Å². The fourth-order valence-electron chi connectivity index (χ4n) is 2.49. The van der Waals surface area contributed by atoms with E-state index < -0.39 is 5.91 Å². The summed E-state index contributed by atoms with van der Waals surface area (Å²) in [4.78, 5) is 23.3. The highest BCUT2D eigenvalue weighted by Crippen LogP contribution is 2.19. The first kappa shape index (κ1) is 16.0. The van der Waals surface area contributed by atoms with Gasteiger partial charge < -0.3 is 20.5 Å². The number of carbonyl (C=O) groups excluding carboxylic acids is 2. The molecule has 0 unspecified atom stereocenters. The third-order valence-electron chi connectivity index (χ3n) is 3.81. The number of aromatic nitrogens is 2. The number of nitrogens with two attached hydrogens (primary N) is 1. The van der Waals surface area contributed by atoms with Gasteiger partial charge in [-0.05, 0) is 30.7 Å². The number of primary amides is 1. The van der Waals surface area contributed by atoms with Gasteiger partial charge in [0.2, 0.25) is 5.91 Å². The molecule has 2 aromatic rings. The molecule has 1 aliphatic heterocycles. The molecule has 1 aromatic carbocycles. The van der Waals surface area contributed by atoms with Crippen molar-refractivity contribution in [1.29, 1.82) is 0 Å². The predicted molar refractivity (Wildman–Crippen MR) is 84.7 cm³/mol. The summed E-state index contributed by atoms with van der Waals surface area (Å²) in [5, 5.41) is 9.32. The van der Waals surface area contributed by atoms with Crippen molar-refractivity contribution in [2.45, 2.75) is 18.6 Å². The third-order valence-corrected chi connectivity index (χ3v) is 3.81. The molecule has 3 rings (SSSR count). The number of rotatable bonds is 5. The number of amides is 2. The van der Waals surface area contributed by atoms with Crippen LogP contribution in [-0.4, -0.2) is 47.4 Å². The standard InChI is InChI=1S/C16H18N4O4/c17-15(21)10-1-3-12(4-2-10)24-14-9-23-6-5-13(14)20-16(22)11-7-18-19-8-11/h1-4,7-8,13-14H,5-6,9H2,(H2,17,21)(H,18,19)(H,20,22)/t13-,14-/m1/s1. The van der Waals surface area contributed by atoms with E-state index in [1.807, 2.05) is 0 Å². The maximum atomic E-state index is 12.2. The Morgan fingerprint density at radius 1 is 1.29 bits per heavy atom. The van der Waals surface area contributed by atoms with Gasteiger partial charge in [0.25, 0.3) is 5.91 Å². The van der Waals surface area contributed by atoms with E-state index in [2.05, 4.69) is 15.5 Å². The van der Waals surface area contributed by atoms with E-state index in [1.165, 1.54) is 12.4 Å². The average Bonchev–Trinajstić information content (AvgIpc) is 3.12. The van der Waals surface area contributed by atoms with Crippen LogP contribution in [0.3, 0.4) is 0 Å². The quantitative estimate of drug-likeness (QED) is 0.736. The highest BCUT2D eigenvalue weighted by Gasteiger charge is 2.29. The first-order chi connectivity index (χ1) is 11.6. The zero-order valence-corrected chi connectivity index (χ0v) is 12.9. The second kappa shape index (κ2) is 7.14. The van der Waals surface area contributed by atoms with Crippen LogP contribution in [0.1, 0.15) is 27.1 Å². The maximum absolute atomic E-state index is 12.2. The molecule has 24 heavy (non-hydrogen) atoms. The maximum Gasteiger partial charge on any atom is 0.254 e. The van der Waals surface area contributed by atoms with E-state index in [4.69, 9.17) is 15.2 Å². The first-order valence-electron chi connectivity index (χ1n) is 7.57. The number of carbonyl (C=O) groups is 2. The molecule has 0 aliphatic carbocycles. The number of H-pyrrole nitrogens is 1. The van der Waals surface area contributed by atoms with E-state index in [-0.39, 0.29) is 18.1 Å². The molecule has 8 nitrogen and oxygen atoms in total. The molecule has 2 amide bonds. The normalized spacial score (nSPS) is 20.3. The number of ether oxygens (including phenoxy) is 2. The van der Waals surface area contributed by atoms with E-state index in [1.54, 1.807) is 24.3 Å². The third kappa shape index (κ3) is 3.72. The van der Waals surface area contributed by atoms with Crippen molar-refractivity contribution >= 4 is 11.8 Å². The number of hydrogen-bond acceptors (Lipinski definition) is 5. The number of benzene rings is 1. The van der Waals surface area contributed by atoms with Crippen LogP contribution >= 0.6 is 0 Å². The second-order valence-corrected chi connectivity index (χ2v) is 5.48. The molecule has 2 heterocycles. The summed E-state index contributed by atoms with van der Waals surface area (Å²) in [5.41, 5.74) is 6.09. The molecular weight excluding hydrogens is 312 g/mol. The topological polar surface area (TPSA) is 119 Å². The molecular formula is C16H18N4O4. The Morgan fingerprint density at radius 2 is 2.08 bits per heavy atom. The van der Waals surface area contributed by atoms with Crippen molar-refractivity contribution in [3.05, 3.63) is 47.8 Å². The summed E-state index contributed by atoms with van der Waals surface area (Å²) in [6, 6.07) is 6.35. The lowest BCUT2D eigenvalue weighted by molar-refractivity contribution is -0.0135. The van der Waals surface area contributed by atoms with Crippen LogP contribution in [0.15, 0.2) is 36.7 Å². The Bertz CT molecular complexity index is 699. The lowest BCUT2D eigenvalue weighted by atomic mass is 10.1. The Labute approximate surface area is 138 Å². The fraction of sp³-hybridized carbons (Fsp3) is 0.312. The van der Waals surface area contributed by atoms with Gasteiger partial charge in [0.1, 0.15) is 11.9 Å². The van der Waals surface area contributed by atoms with Crippen LogP contribution < -0.4 is 15.8 Å². The smallest absolute Gasteiger partial charge is 0.254 e. The van der Waals surface area contributed by atoms with Crippen LogP contribution in [0.5, 0.6) is 5.75 Å². The molecule has 0 bridgehead atoms. The highest BCUT2D eigenvalue weighted by atomic mass is 16.5. The molecule has 1 aromatic heterocycles. The Balaban J connectivity index is 1.65. The summed E-state index contributed by atoms with van der Waals surface area (Å²) in [7, 11) is 0. The Hall–Kier alpha value is -2.87. The molecule has 2 atom stereocenters. The molecule has 4 N–H and O–H groups in total. The molecule has 0 saturated carbocycles. The SMILES string of the molecule is NC(=O)c1ccc(O[C@@H]2COCC[C@H]2NC(=O)c2cn[nH]c2)cc1.